The fourth-order valence-corrected chi connectivity index (χ4v) is 4.12. The zero-order valence-electron chi connectivity index (χ0n) is 13.3. The summed E-state index contributed by atoms with van der Waals surface area (Å²) in [5.41, 5.74) is 0.749. The van der Waals surface area contributed by atoms with E-state index in [1.54, 1.807) is 29.7 Å². The zero-order chi connectivity index (χ0) is 17.6. The quantitative estimate of drug-likeness (QED) is 0.615. The van der Waals surface area contributed by atoms with Crippen LogP contribution in [-0.2, 0) is 11.3 Å². The standard InChI is InChI=1S/C17H17N3O3S2/c21-12(10-20-8-4-3-7-16(20)23)9-18-15(22)11-24-17-19-13-5-1-2-6-14(13)25-17/h1-8,12,21H,9-11H2,(H,18,22). The van der Waals surface area contributed by atoms with Crippen LogP contribution in [0.5, 0.6) is 0 Å². The molecule has 130 valence electrons. The van der Waals surface area contributed by atoms with Crippen molar-refractivity contribution in [3.8, 4) is 0 Å². The Kier molecular flexibility index (Phi) is 5.85. The van der Waals surface area contributed by atoms with Crippen molar-refractivity contribution in [3.63, 3.8) is 0 Å². The minimum absolute atomic E-state index is 0.0978. The first-order chi connectivity index (χ1) is 12.1. The number of pyridine rings is 1. The average molecular weight is 375 g/mol. The second kappa shape index (κ2) is 8.28. The number of para-hydroxylation sites is 1. The van der Waals surface area contributed by atoms with E-state index in [2.05, 4.69) is 10.3 Å². The Hall–Kier alpha value is -2.16. The molecule has 3 rings (SSSR count). The highest BCUT2D eigenvalue weighted by atomic mass is 32.2. The van der Waals surface area contributed by atoms with E-state index >= 15 is 0 Å². The molecule has 1 amide bonds. The van der Waals surface area contributed by atoms with Crippen LogP contribution in [0.4, 0.5) is 0 Å². The van der Waals surface area contributed by atoms with Gasteiger partial charge in [-0.1, -0.05) is 30.0 Å². The van der Waals surface area contributed by atoms with Gasteiger partial charge in [-0.05, 0) is 18.2 Å². The van der Waals surface area contributed by atoms with E-state index in [1.165, 1.54) is 22.4 Å². The fraction of sp³-hybridized carbons (Fsp3) is 0.235. The Balaban J connectivity index is 1.44. The molecule has 1 aromatic carbocycles. The number of carbonyl (C=O) groups excluding carboxylic acids is 1. The lowest BCUT2D eigenvalue weighted by Crippen LogP contribution is -2.37. The summed E-state index contributed by atoms with van der Waals surface area (Å²) in [5.74, 6) is 0.0568. The maximum Gasteiger partial charge on any atom is 0.250 e. The number of carbonyl (C=O) groups is 1. The van der Waals surface area contributed by atoms with Gasteiger partial charge in [0.1, 0.15) is 0 Å². The van der Waals surface area contributed by atoms with Crippen LogP contribution in [0.15, 0.2) is 57.8 Å². The molecule has 0 bridgehead atoms. The van der Waals surface area contributed by atoms with Gasteiger partial charge in [0, 0.05) is 18.8 Å². The molecule has 8 heteroatoms. The van der Waals surface area contributed by atoms with Gasteiger partial charge < -0.3 is 15.0 Å². The summed E-state index contributed by atoms with van der Waals surface area (Å²) in [7, 11) is 0. The van der Waals surface area contributed by atoms with Gasteiger partial charge in [-0.15, -0.1) is 11.3 Å². The summed E-state index contributed by atoms with van der Waals surface area (Å²) < 4.78 is 3.34. The minimum atomic E-state index is -0.823. The third-order valence-corrected chi connectivity index (χ3v) is 5.62. The van der Waals surface area contributed by atoms with Gasteiger partial charge in [-0.2, -0.15) is 0 Å². The Bertz CT molecular complexity index is 889. The van der Waals surface area contributed by atoms with E-state index < -0.39 is 6.10 Å². The molecule has 3 aromatic rings. The first-order valence-electron chi connectivity index (χ1n) is 7.70. The van der Waals surface area contributed by atoms with Gasteiger partial charge >= 0.3 is 0 Å². The van der Waals surface area contributed by atoms with Crippen molar-refractivity contribution in [2.24, 2.45) is 0 Å². The first-order valence-corrected chi connectivity index (χ1v) is 9.50. The van der Waals surface area contributed by atoms with Crippen LogP contribution < -0.4 is 10.9 Å². The number of thiazole rings is 1. The van der Waals surface area contributed by atoms with Crippen molar-refractivity contribution in [2.75, 3.05) is 12.3 Å². The molecule has 0 aliphatic carbocycles. The van der Waals surface area contributed by atoms with Crippen molar-refractivity contribution in [1.29, 1.82) is 0 Å². The number of aliphatic hydroxyl groups excluding tert-OH is 1. The second-order valence-corrected chi connectivity index (χ2v) is 7.64. The van der Waals surface area contributed by atoms with Crippen molar-refractivity contribution in [2.45, 2.75) is 17.0 Å². The summed E-state index contributed by atoms with van der Waals surface area (Å²) in [5, 5.41) is 12.6. The van der Waals surface area contributed by atoms with Gasteiger partial charge in [0.2, 0.25) is 5.91 Å². The van der Waals surface area contributed by atoms with Crippen LogP contribution in [0.2, 0.25) is 0 Å². The Morgan fingerprint density at radius 1 is 1.28 bits per heavy atom. The highest BCUT2D eigenvalue weighted by molar-refractivity contribution is 8.01. The second-order valence-electron chi connectivity index (χ2n) is 5.39. The first kappa shape index (κ1) is 17.7. The monoisotopic (exact) mass is 375 g/mol. The van der Waals surface area contributed by atoms with Crippen molar-refractivity contribution in [3.05, 3.63) is 59.0 Å². The van der Waals surface area contributed by atoms with Gasteiger partial charge in [-0.25, -0.2) is 4.98 Å². The number of aromatic nitrogens is 2. The summed E-state index contributed by atoms with van der Waals surface area (Å²) in [4.78, 5) is 28.0. The molecule has 0 aliphatic heterocycles. The molecule has 0 saturated heterocycles. The molecular formula is C17H17N3O3S2. The minimum Gasteiger partial charge on any atom is -0.389 e. The lowest BCUT2D eigenvalue weighted by atomic mass is 10.3. The third kappa shape index (κ3) is 4.91. The molecule has 2 heterocycles. The molecule has 2 N–H and O–H groups in total. The van der Waals surface area contributed by atoms with Crippen LogP contribution in [0.25, 0.3) is 10.2 Å². The molecule has 2 aromatic heterocycles. The van der Waals surface area contributed by atoms with Gasteiger partial charge in [0.15, 0.2) is 4.34 Å². The largest absolute Gasteiger partial charge is 0.389 e. The number of thioether (sulfide) groups is 1. The molecule has 0 saturated carbocycles. The number of benzene rings is 1. The normalized spacial score (nSPS) is 12.2. The predicted molar refractivity (Wildman–Crippen MR) is 100 cm³/mol. The highest BCUT2D eigenvalue weighted by Gasteiger charge is 2.10. The SMILES string of the molecule is O=C(CSc1nc2ccccc2s1)NCC(O)Cn1ccccc1=O. The van der Waals surface area contributed by atoms with E-state index in [0.29, 0.717) is 0 Å². The number of fused-ring (bicyclic) bond motifs is 1. The molecule has 25 heavy (non-hydrogen) atoms. The zero-order valence-corrected chi connectivity index (χ0v) is 14.9. The van der Waals surface area contributed by atoms with E-state index in [-0.39, 0.29) is 30.3 Å². The van der Waals surface area contributed by atoms with Crippen LogP contribution in [0, 0.1) is 0 Å². The Labute approximate surface area is 152 Å². The Morgan fingerprint density at radius 2 is 2.08 bits per heavy atom. The molecule has 0 radical (unpaired) electrons. The Morgan fingerprint density at radius 3 is 2.88 bits per heavy atom. The number of hydrogen-bond acceptors (Lipinski definition) is 6. The number of nitrogens with zero attached hydrogens (tertiary/aromatic N) is 2. The van der Waals surface area contributed by atoms with Crippen molar-refractivity contribution in [1.82, 2.24) is 14.9 Å². The fourth-order valence-electron chi connectivity index (χ4n) is 2.23. The number of amides is 1. The van der Waals surface area contributed by atoms with E-state index in [0.717, 1.165) is 14.6 Å². The predicted octanol–water partition coefficient (Wildman–Crippen LogP) is 1.73. The summed E-state index contributed by atoms with van der Waals surface area (Å²) in [6.45, 7) is 0.242. The van der Waals surface area contributed by atoms with Gasteiger partial charge in [-0.3, -0.25) is 9.59 Å². The lowest BCUT2D eigenvalue weighted by molar-refractivity contribution is -0.119. The maximum absolute atomic E-state index is 11.9. The summed E-state index contributed by atoms with van der Waals surface area (Å²) in [6.07, 6.45) is 0.785. The smallest absolute Gasteiger partial charge is 0.250 e. The third-order valence-electron chi connectivity index (χ3n) is 3.44. The van der Waals surface area contributed by atoms with Crippen molar-refractivity contribution < 1.29 is 9.90 Å². The molecule has 0 spiro atoms. The van der Waals surface area contributed by atoms with E-state index in [1.807, 2.05) is 24.3 Å². The number of hydrogen-bond donors (Lipinski definition) is 2. The molecule has 0 aliphatic rings. The van der Waals surface area contributed by atoms with Crippen LogP contribution in [0.3, 0.4) is 0 Å². The molecule has 6 nitrogen and oxygen atoms in total. The van der Waals surface area contributed by atoms with Crippen LogP contribution in [-0.4, -0.2) is 39.0 Å². The lowest BCUT2D eigenvalue weighted by Gasteiger charge is -2.13. The number of rotatable bonds is 7. The molecule has 1 atom stereocenters. The maximum atomic E-state index is 11.9. The molecular weight excluding hydrogens is 358 g/mol. The number of aliphatic hydroxyl groups is 1. The van der Waals surface area contributed by atoms with E-state index in [9.17, 15) is 14.7 Å². The van der Waals surface area contributed by atoms with Gasteiger partial charge in [0.05, 0.1) is 28.6 Å². The van der Waals surface area contributed by atoms with Gasteiger partial charge in [0.25, 0.3) is 5.56 Å². The number of nitrogens with one attached hydrogen (secondary N) is 1. The summed E-state index contributed by atoms with van der Waals surface area (Å²) in [6, 6.07) is 12.6. The summed E-state index contributed by atoms with van der Waals surface area (Å²) >= 11 is 2.92. The topological polar surface area (TPSA) is 84.2 Å². The molecule has 1 unspecified atom stereocenters. The van der Waals surface area contributed by atoms with E-state index in [4.69, 9.17) is 0 Å². The highest BCUT2D eigenvalue weighted by Crippen LogP contribution is 2.28. The van der Waals surface area contributed by atoms with Crippen LogP contribution >= 0.6 is 23.1 Å². The van der Waals surface area contributed by atoms with Crippen LogP contribution in [0.1, 0.15) is 0 Å². The van der Waals surface area contributed by atoms with Crippen molar-refractivity contribution >= 4 is 39.2 Å². The molecule has 0 fully saturated rings. The average Bonchev–Trinajstić information content (AvgIpc) is 3.03.